The summed E-state index contributed by atoms with van der Waals surface area (Å²) in [6.45, 7) is 0. The Morgan fingerprint density at radius 1 is 1.37 bits per heavy atom. The molecule has 0 saturated carbocycles. The van der Waals surface area contributed by atoms with Crippen LogP contribution < -0.4 is 5.32 Å². The minimum atomic E-state index is -2.83. The van der Waals surface area contributed by atoms with Crippen LogP contribution in [0.25, 0.3) is 0 Å². The molecule has 0 saturated heterocycles. The fraction of sp³-hybridized carbons (Fsp3) is 0.100. The maximum absolute atomic E-state index is 12.6. The van der Waals surface area contributed by atoms with Gasteiger partial charge in [0.15, 0.2) is 5.69 Å². The van der Waals surface area contributed by atoms with Crippen molar-refractivity contribution in [1.29, 1.82) is 0 Å². The second-order valence-corrected chi connectivity index (χ2v) is 5.89. The molecular formula is C10H5Br2F2N3OS. The van der Waals surface area contributed by atoms with Crippen LogP contribution in [0.1, 0.15) is 21.8 Å². The van der Waals surface area contributed by atoms with E-state index in [0.29, 0.717) is 21.7 Å². The highest BCUT2D eigenvalue weighted by atomic mass is 79.9. The van der Waals surface area contributed by atoms with Gasteiger partial charge in [0.2, 0.25) is 0 Å². The van der Waals surface area contributed by atoms with E-state index in [1.165, 1.54) is 0 Å². The number of nitrogens with one attached hydrogen (secondary N) is 1. The quantitative estimate of drug-likeness (QED) is 0.819. The number of benzene rings is 1. The van der Waals surface area contributed by atoms with Crippen molar-refractivity contribution in [3.05, 3.63) is 37.7 Å². The number of aromatic nitrogens is 2. The first-order chi connectivity index (χ1) is 8.99. The maximum atomic E-state index is 12.6. The zero-order valence-corrected chi connectivity index (χ0v) is 13.0. The number of anilines is 1. The lowest BCUT2D eigenvalue weighted by Crippen LogP contribution is -2.13. The standard InChI is InChI=1S/C10H5Br2F2N3OS/c11-4-1-2-5(12)6(3-4)15-10(18)8-7(9(13)14)16-17-19-8/h1-3,9H,(H,15,18). The van der Waals surface area contributed by atoms with Crippen molar-refractivity contribution >= 4 is 55.0 Å². The molecule has 2 aromatic rings. The first kappa shape index (κ1) is 14.5. The van der Waals surface area contributed by atoms with E-state index < -0.39 is 18.0 Å². The van der Waals surface area contributed by atoms with Gasteiger partial charge in [0.1, 0.15) is 4.88 Å². The molecule has 0 bridgehead atoms. The van der Waals surface area contributed by atoms with Crippen LogP contribution in [0.5, 0.6) is 0 Å². The molecule has 0 aliphatic carbocycles. The van der Waals surface area contributed by atoms with E-state index in [1.54, 1.807) is 18.2 Å². The van der Waals surface area contributed by atoms with Crippen LogP contribution in [-0.2, 0) is 0 Å². The first-order valence-corrected chi connectivity index (χ1v) is 7.21. The Morgan fingerprint density at radius 2 is 2.11 bits per heavy atom. The summed E-state index contributed by atoms with van der Waals surface area (Å²) in [7, 11) is 0. The van der Waals surface area contributed by atoms with Crippen LogP contribution >= 0.6 is 43.4 Å². The number of hydrogen-bond acceptors (Lipinski definition) is 4. The summed E-state index contributed by atoms with van der Waals surface area (Å²) >= 11 is 7.15. The summed E-state index contributed by atoms with van der Waals surface area (Å²) in [4.78, 5) is 11.7. The third kappa shape index (κ3) is 3.34. The van der Waals surface area contributed by atoms with Gasteiger partial charge in [-0.2, -0.15) is 0 Å². The third-order valence-electron chi connectivity index (χ3n) is 2.10. The second kappa shape index (κ2) is 6.02. The molecule has 1 amide bonds. The van der Waals surface area contributed by atoms with E-state index in [-0.39, 0.29) is 4.88 Å². The fourth-order valence-corrected chi connectivity index (χ4v) is 2.54. The van der Waals surface area contributed by atoms with Crippen LogP contribution in [0.4, 0.5) is 14.5 Å². The van der Waals surface area contributed by atoms with Gasteiger partial charge in [-0.05, 0) is 45.7 Å². The zero-order chi connectivity index (χ0) is 14.0. The highest BCUT2D eigenvalue weighted by Gasteiger charge is 2.23. The van der Waals surface area contributed by atoms with Gasteiger partial charge in [0.05, 0.1) is 5.69 Å². The molecule has 4 nitrogen and oxygen atoms in total. The van der Waals surface area contributed by atoms with Crippen molar-refractivity contribution in [1.82, 2.24) is 9.59 Å². The number of carbonyl (C=O) groups excluding carboxylic acids is 1. The van der Waals surface area contributed by atoms with Crippen molar-refractivity contribution < 1.29 is 13.6 Å². The molecule has 0 radical (unpaired) electrons. The van der Waals surface area contributed by atoms with Crippen LogP contribution in [0, 0.1) is 0 Å². The molecule has 1 aromatic carbocycles. The molecule has 0 unspecified atom stereocenters. The molecule has 0 aliphatic rings. The smallest absolute Gasteiger partial charge is 0.283 e. The molecule has 0 atom stereocenters. The van der Waals surface area contributed by atoms with Crippen LogP contribution in [0.15, 0.2) is 27.1 Å². The average Bonchev–Trinajstić information content (AvgIpc) is 2.83. The summed E-state index contributed by atoms with van der Waals surface area (Å²) in [5.41, 5.74) is -0.137. The van der Waals surface area contributed by atoms with Crippen molar-refractivity contribution in [2.24, 2.45) is 0 Å². The summed E-state index contributed by atoms with van der Waals surface area (Å²) in [5, 5.41) is 5.79. The van der Waals surface area contributed by atoms with Gasteiger partial charge in [-0.3, -0.25) is 4.79 Å². The largest absolute Gasteiger partial charge is 0.320 e. The number of carbonyl (C=O) groups is 1. The summed E-state index contributed by atoms with van der Waals surface area (Å²) in [6, 6.07) is 5.15. The number of rotatable bonds is 3. The van der Waals surface area contributed by atoms with E-state index in [9.17, 15) is 13.6 Å². The summed E-state index contributed by atoms with van der Waals surface area (Å²) < 4.78 is 30.0. The molecule has 1 aromatic heterocycles. The van der Waals surface area contributed by atoms with E-state index in [2.05, 4.69) is 46.8 Å². The highest BCUT2D eigenvalue weighted by Crippen LogP contribution is 2.28. The predicted molar refractivity (Wildman–Crippen MR) is 74.7 cm³/mol. The molecule has 1 heterocycles. The Kier molecular flexibility index (Phi) is 4.58. The molecule has 1 N–H and O–H groups in total. The average molecular weight is 413 g/mol. The minimum absolute atomic E-state index is 0.193. The first-order valence-electron chi connectivity index (χ1n) is 4.86. The van der Waals surface area contributed by atoms with E-state index in [0.717, 1.165) is 4.47 Å². The van der Waals surface area contributed by atoms with Gasteiger partial charge >= 0.3 is 0 Å². The predicted octanol–water partition coefficient (Wildman–Crippen LogP) is 4.25. The monoisotopic (exact) mass is 411 g/mol. The van der Waals surface area contributed by atoms with Gasteiger partial charge in [0.25, 0.3) is 12.3 Å². The highest BCUT2D eigenvalue weighted by molar-refractivity contribution is 9.11. The van der Waals surface area contributed by atoms with Crippen LogP contribution in [0.2, 0.25) is 0 Å². The molecule has 2 rings (SSSR count). The van der Waals surface area contributed by atoms with Gasteiger partial charge in [-0.1, -0.05) is 20.4 Å². The Balaban J connectivity index is 2.26. The van der Waals surface area contributed by atoms with E-state index in [4.69, 9.17) is 0 Å². The van der Waals surface area contributed by atoms with Gasteiger partial charge < -0.3 is 5.32 Å². The number of nitrogens with zero attached hydrogens (tertiary/aromatic N) is 2. The number of alkyl halides is 2. The van der Waals surface area contributed by atoms with Crippen LogP contribution in [0.3, 0.4) is 0 Å². The van der Waals surface area contributed by atoms with Crippen molar-refractivity contribution in [3.8, 4) is 0 Å². The Hall–Kier alpha value is -0.930. The maximum Gasteiger partial charge on any atom is 0.283 e. The Morgan fingerprint density at radius 3 is 2.79 bits per heavy atom. The Labute approximate surface area is 127 Å². The van der Waals surface area contributed by atoms with E-state index >= 15 is 0 Å². The SMILES string of the molecule is O=C(Nc1cc(Br)ccc1Br)c1snnc1C(F)F. The van der Waals surface area contributed by atoms with Crippen molar-refractivity contribution in [2.45, 2.75) is 6.43 Å². The van der Waals surface area contributed by atoms with E-state index in [1.807, 2.05) is 0 Å². The molecule has 9 heteroatoms. The number of halogens is 4. The zero-order valence-electron chi connectivity index (χ0n) is 9.03. The lowest BCUT2D eigenvalue weighted by molar-refractivity contribution is 0.101. The van der Waals surface area contributed by atoms with Gasteiger partial charge in [-0.25, -0.2) is 8.78 Å². The summed E-state index contributed by atoms with van der Waals surface area (Å²) in [6.07, 6.45) is -2.83. The molecule has 0 aliphatic heterocycles. The normalized spacial score (nSPS) is 10.8. The number of hydrogen-bond donors (Lipinski definition) is 1. The van der Waals surface area contributed by atoms with Crippen molar-refractivity contribution in [2.75, 3.05) is 5.32 Å². The second-order valence-electron chi connectivity index (χ2n) is 3.37. The summed E-state index contributed by atoms with van der Waals surface area (Å²) in [5.74, 6) is -0.663. The molecule has 100 valence electrons. The van der Waals surface area contributed by atoms with Gasteiger partial charge in [0, 0.05) is 8.95 Å². The van der Waals surface area contributed by atoms with Crippen LogP contribution in [-0.4, -0.2) is 15.5 Å². The minimum Gasteiger partial charge on any atom is -0.320 e. The lowest BCUT2D eigenvalue weighted by Gasteiger charge is -2.07. The molecule has 0 spiro atoms. The lowest BCUT2D eigenvalue weighted by atomic mass is 10.3. The fourth-order valence-electron chi connectivity index (χ4n) is 1.27. The third-order valence-corrected chi connectivity index (χ3v) is 4.03. The Bertz CT molecular complexity index is 621. The molecule has 0 fully saturated rings. The van der Waals surface area contributed by atoms with Gasteiger partial charge in [-0.15, -0.1) is 5.10 Å². The number of amides is 1. The van der Waals surface area contributed by atoms with Crippen molar-refractivity contribution in [3.63, 3.8) is 0 Å². The topological polar surface area (TPSA) is 54.9 Å². The molecular weight excluding hydrogens is 408 g/mol. The molecule has 19 heavy (non-hydrogen) atoms.